The number of hydrogen-bond acceptors (Lipinski definition) is 4. The van der Waals surface area contributed by atoms with Crippen LogP contribution in [0.15, 0.2) is 36.7 Å². The van der Waals surface area contributed by atoms with Crippen LogP contribution in [0.2, 0.25) is 0 Å². The third-order valence-electron chi connectivity index (χ3n) is 5.56. The lowest BCUT2D eigenvalue weighted by atomic mass is 9.90. The van der Waals surface area contributed by atoms with Gasteiger partial charge in [-0.1, -0.05) is 17.3 Å². The van der Waals surface area contributed by atoms with Crippen LogP contribution in [0, 0.1) is 0 Å². The Labute approximate surface area is 169 Å². The summed E-state index contributed by atoms with van der Waals surface area (Å²) in [5, 5.41) is 8.71. The molecule has 2 aromatic heterocycles. The first-order valence-corrected chi connectivity index (χ1v) is 9.97. The van der Waals surface area contributed by atoms with E-state index in [1.807, 2.05) is 11.0 Å². The van der Waals surface area contributed by atoms with Gasteiger partial charge in [0.2, 0.25) is 5.91 Å². The monoisotopic (exact) mass is 394 g/mol. The number of nitrogens with one attached hydrogen (secondary N) is 1. The van der Waals surface area contributed by atoms with E-state index in [0.29, 0.717) is 24.6 Å². The number of carbonyl (C=O) groups excluding carboxylic acids is 2. The van der Waals surface area contributed by atoms with Gasteiger partial charge in [0.1, 0.15) is 5.69 Å². The summed E-state index contributed by atoms with van der Waals surface area (Å²) < 4.78 is 1.69. The SMILES string of the molecule is CN(C)C(=O)c1cc2ccc([C@H]3CCCN(C(=O)CCn4ccnn4)C3)cc2[nH]1. The van der Waals surface area contributed by atoms with Crippen molar-refractivity contribution in [3.63, 3.8) is 0 Å². The molecule has 4 rings (SSSR count). The quantitative estimate of drug-likeness (QED) is 0.719. The minimum Gasteiger partial charge on any atom is -0.351 e. The second-order valence-corrected chi connectivity index (χ2v) is 7.82. The molecular weight excluding hydrogens is 368 g/mol. The third-order valence-corrected chi connectivity index (χ3v) is 5.56. The maximum atomic E-state index is 12.6. The van der Waals surface area contributed by atoms with Crippen molar-refractivity contribution < 1.29 is 9.59 Å². The first kappa shape index (κ1) is 19.2. The highest BCUT2D eigenvalue weighted by Gasteiger charge is 2.25. The molecule has 8 heteroatoms. The normalized spacial score (nSPS) is 16.9. The first-order valence-electron chi connectivity index (χ1n) is 9.97. The van der Waals surface area contributed by atoms with Gasteiger partial charge in [-0.3, -0.25) is 14.3 Å². The van der Waals surface area contributed by atoms with Crippen LogP contribution in [0.25, 0.3) is 10.9 Å². The molecule has 1 fully saturated rings. The van der Waals surface area contributed by atoms with Gasteiger partial charge in [-0.05, 0) is 30.5 Å². The Kier molecular flexibility index (Phi) is 5.33. The van der Waals surface area contributed by atoms with Gasteiger partial charge < -0.3 is 14.8 Å². The van der Waals surface area contributed by atoms with Crippen molar-refractivity contribution in [2.75, 3.05) is 27.2 Å². The van der Waals surface area contributed by atoms with Gasteiger partial charge in [0.15, 0.2) is 0 Å². The number of aromatic nitrogens is 4. The summed E-state index contributed by atoms with van der Waals surface area (Å²) in [5.74, 6) is 0.425. The second kappa shape index (κ2) is 8.06. The molecule has 8 nitrogen and oxygen atoms in total. The molecule has 1 aromatic carbocycles. The average Bonchev–Trinajstić information content (AvgIpc) is 3.40. The average molecular weight is 394 g/mol. The zero-order valence-corrected chi connectivity index (χ0v) is 16.8. The predicted molar refractivity (Wildman–Crippen MR) is 110 cm³/mol. The number of aromatic amines is 1. The van der Waals surface area contributed by atoms with Crippen LogP contribution in [0.4, 0.5) is 0 Å². The van der Waals surface area contributed by atoms with Crippen LogP contribution in [0.1, 0.15) is 41.2 Å². The molecule has 1 atom stereocenters. The molecule has 0 bridgehead atoms. The molecular formula is C21H26N6O2. The van der Waals surface area contributed by atoms with Gasteiger partial charge in [0.25, 0.3) is 5.91 Å². The molecule has 1 aliphatic heterocycles. The fourth-order valence-corrected chi connectivity index (χ4v) is 3.95. The summed E-state index contributed by atoms with van der Waals surface area (Å²) >= 11 is 0. The van der Waals surface area contributed by atoms with E-state index < -0.39 is 0 Å². The van der Waals surface area contributed by atoms with Crippen molar-refractivity contribution in [1.82, 2.24) is 29.8 Å². The van der Waals surface area contributed by atoms with Gasteiger partial charge in [0.05, 0.1) is 12.7 Å². The predicted octanol–water partition coefficient (Wildman–Crippen LogP) is 2.26. The molecule has 3 aromatic rings. The van der Waals surface area contributed by atoms with Crippen LogP contribution in [0.5, 0.6) is 0 Å². The fraction of sp³-hybridized carbons (Fsp3) is 0.429. The standard InChI is InChI=1S/C21H26N6O2/c1-25(2)21(29)19-13-16-6-5-15(12-18(16)23-19)17-4-3-9-26(14-17)20(28)7-10-27-11-8-22-24-27/h5-6,8,11-13,17,23H,3-4,7,9-10,14H2,1-2H3/t17-/m0/s1. The number of hydrogen-bond donors (Lipinski definition) is 1. The van der Waals surface area contributed by atoms with E-state index in [4.69, 9.17) is 0 Å². The number of likely N-dealkylation sites (tertiary alicyclic amines) is 1. The van der Waals surface area contributed by atoms with Gasteiger partial charge in [0, 0.05) is 56.6 Å². The van der Waals surface area contributed by atoms with Gasteiger partial charge >= 0.3 is 0 Å². The Balaban J connectivity index is 1.45. The summed E-state index contributed by atoms with van der Waals surface area (Å²) in [7, 11) is 3.49. The molecule has 0 spiro atoms. The van der Waals surface area contributed by atoms with E-state index in [0.717, 1.165) is 36.8 Å². The van der Waals surface area contributed by atoms with E-state index in [2.05, 4.69) is 33.5 Å². The van der Waals surface area contributed by atoms with Crippen LogP contribution >= 0.6 is 0 Å². The van der Waals surface area contributed by atoms with Crippen molar-refractivity contribution in [3.05, 3.63) is 47.9 Å². The lowest BCUT2D eigenvalue weighted by molar-refractivity contribution is -0.132. The zero-order valence-electron chi connectivity index (χ0n) is 16.8. The number of carbonyl (C=O) groups is 2. The fourth-order valence-electron chi connectivity index (χ4n) is 3.95. The lowest BCUT2D eigenvalue weighted by Crippen LogP contribution is -2.39. The molecule has 0 radical (unpaired) electrons. The van der Waals surface area contributed by atoms with Crippen molar-refractivity contribution in [1.29, 1.82) is 0 Å². The highest BCUT2D eigenvalue weighted by atomic mass is 16.2. The number of benzene rings is 1. The number of rotatable bonds is 5. The first-order chi connectivity index (χ1) is 14.0. The van der Waals surface area contributed by atoms with E-state index in [1.54, 1.807) is 36.1 Å². The van der Waals surface area contributed by atoms with Gasteiger partial charge in [-0.2, -0.15) is 0 Å². The van der Waals surface area contributed by atoms with Crippen LogP contribution in [-0.2, 0) is 11.3 Å². The summed E-state index contributed by atoms with van der Waals surface area (Å²) in [4.78, 5) is 31.6. The van der Waals surface area contributed by atoms with Gasteiger partial charge in [-0.15, -0.1) is 5.10 Å². The van der Waals surface area contributed by atoms with Crippen molar-refractivity contribution in [2.24, 2.45) is 0 Å². The smallest absolute Gasteiger partial charge is 0.269 e. The Bertz CT molecular complexity index is 1010. The highest BCUT2D eigenvalue weighted by Crippen LogP contribution is 2.30. The highest BCUT2D eigenvalue weighted by molar-refractivity contribution is 5.97. The Morgan fingerprint density at radius 2 is 2.14 bits per heavy atom. The summed E-state index contributed by atoms with van der Waals surface area (Å²) in [6.07, 6.45) is 5.88. The van der Waals surface area contributed by atoms with Crippen LogP contribution in [0.3, 0.4) is 0 Å². The van der Waals surface area contributed by atoms with E-state index in [9.17, 15) is 9.59 Å². The molecule has 3 heterocycles. The molecule has 0 saturated carbocycles. The minimum absolute atomic E-state index is 0.0374. The van der Waals surface area contributed by atoms with E-state index in [-0.39, 0.29) is 11.8 Å². The Morgan fingerprint density at radius 1 is 1.28 bits per heavy atom. The van der Waals surface area contributed by atoms with Crippen LogP contribution < -0.4 is 0 Å². The number of aryl methyl sites for hydroxylation is 1. The molecule has 2 amide bonds. The number of H-pyrrole nitrogens is 1. The van der Waals surface area contributed by atoms with E-state index >= 15 is 0 Å². The maximum absolute atomic E-state index is 12.6. The van der Waals surface area contributed by atoms with E-state index in [1.165, 1.54) is 5.56 Å². The van der Waals surface area contributed by atoms with Crippen molar-refractivity contribution in [2.45, 2.75) is 31.7 Å². The van der Waals surface area contributed by atoms with Crippen molar-refractivity contribution in [3.8, 4) is 0 Å². The number of fused-ring (bicyclic) bond motifs is 1. The Morgan fingerprint density at radius 3 is 2.90 bits per heavy atom. The molecule has 0 aliphatic carbocycles. The maximum Gasteiger partial charge on any atom is 0.269 e. The van der Waals surface area contributed by atoms with Crippen LogP contribution in [-0.4, -0.2) is 68.8 Å². The molecule has 1 N–H and O–H groups in total. The lowest BCUT2D eigenvalue weighted by Gasteiger charge is -2.33. The zero-order chi connectivity index (χ0) is 20.4. The largest absolute Gasteiger partial charge is 0.351 e. The third kappa shape index (κ3) is 4.16. The molecule has 0 unspecified atom stereocenters. The topological polar surface area (TPSA) is 87.1 Å². The summed E-state index contributed by atoms with van der Waals surface area (Å²) in [6.45, 7) is 2.09. The minimum atomic E-state index is -0.0374. The Hall–Kier alpha value is -3.16. The second-order valence-electron chi connectivity index (χ2n) is 7.82. The molecule has 1 saturated heterocycles. The number of amides is 2. The molecule has 29 heavy (non-hydrogen) atoms. The molecule has 1 aliphatic rings. The van der Waals surface area contributed by atoms with Crippen molar-refractivity contribution >= 4 is 22.7 Å². The number of nitrogens with zero attached hydrogens (tertiary/aromatic N) is 5. The molecule has 152 valence electrons. The summed E-state index contributed by atoms with van der Waals surface area (Å²) in [6, 6.07) is 8.19. The van der Waals surface area contributed by atoms with Gasteiger partial charge in [-0.25, -0.2) is 0 Å². The number of piperidine rings is 1. The summed E-state index contributed by atoms with van der Waals surface area (Å²) in [5.41, 5.74) is 2.76.